The van der Waals surface area contributed by atoms with Crippen LogP contribution in [0.3, 0.4) is 0 Å². The third kappa shape index (κ3) is 8.79. The van der Waals surface area contributed by atoms with E-state index >= 15 is 0 Å². The summed E-state index contributed by atoms with van der Waals surface area (Å²) in [6.07, 6.45) is 1.88. The highest BCUT2D eigenvalue weighted by atomic mass is 28.3. The van der Waals surface area contributed by atoms with Crippen LogP contribution < -0.4 is 30.2 Å². The second kappa shape index (κ2) is 15.8. The van der Waals surface area contributed by atoms with E-state index in [4.69, 9.17) is 9.47 Å². The first kappa shape index (κ1) is 35.2. The van der Waals surface area contributed by atoms with Crippen LogP contribution in [-0.2, 0) is 18.3 Å². The van der Waals surface area contributed by atoms with E-state index in [9.17, 15) is 0 Å². The van der Waals surface area contributed by atoms with E-state index in [0.29, 0.717) is 0 Å². The fraction of sp³-hybridized carbons (Fsp3) is 0.385. The van der Waals surface area contributed by atoms with Gasteiger partial charge in [-0.25, -0.2) is 0 Å². The van der Waals surface area contributed by atoms with Crippen molar-refractivity contribution < 1.29 is 9.47 Å². The summed E-state index contributed by atoms with van der Waals surface area (Å²) in [5.74, 6) is 2.42. The highest BCUT2D eigenvalue weighted by molar-refractivity contribution is 6.76. The third-order valence-corrected chi connectivity index (χ3v) is 15.9. The largest absolute Gasteiger partial charge is 0.494 e. The molecule has 0 aliphatic rings. The average molecular weight is 669 g/mol. The first-order valence-corrected chi connectivity index (χ1v) is 28.6. The van der Waals surface area contributed by atoms with E-state index in [-0.39, 0.29) is 5.41 Å². The van der Waals surface area contributed by atoms with Crippen LogP contribution in [0.25, 0.3) is 0 Å². The predicted octanol–water partition coefficient (Wildman–Crippen LogP) is 6.03. The van der Waals surface area contributed by atoms with Crippen molar-refractivity contribution in [1.29, 1.82) is 0 Å². The van der Waals surface area contributed by atoms with E-state index in [0.717, 1.165) is 26.1 Å². The SMILES string of the molecule is C[SiH](C)c1cc(C(C)(C)c2cc([SiH](C)C)c(OCCc3ccccc3)c([SiH](C)C)c2)cc([SiH](C)C)c1OCCc1ccccc1. The lowest BCUT2D eigenvalue weighted by Gasteiger charge is -2.32. The number of ether oxygens (including phenoxy) is 2. The number of hydrogen-bond donors (Lipinski definition) is 0. The van der Waals surface area contributed by atoms with Crippen molar-refractivity contribution >= 4 is 55.9 Å². The Kier molecular flexibility index (Phi) is 12.3. The van der Waals surface area contributed by atoms with E-state index in [1.54, 1.807) is 0 Å². The van der Waals surface area contributed by atoms with E-state index in [1.807, 2.05) is 0 Å². The maximum atomic E-state index is 6.72. The molecule has 4 rings (SSSR count). The van der Waals surface area contributed by atoms with Gasteiger partial charge in [-0.15, -0.1) is 0 Å². The first-order valence-electron chi connectivity index (χ1n) is 17.1. The molecule has 0 unspecified atom stereocenters. The summed E-state index contributed by atoms with van der Waals surface area (Å²) >= 11 is 0. The molecule has 240 valence electrons. The lowest BCUT2D eigenvalue weighted by Crippen LogP contribution is -2.40. The molecule has 0 aliphatic carbocycles. The maximum absolute atomic E-state index is 6.72. The second-order valence-corrected chi connectivity index (χ2v) is 26.1. The summed E-state index contributed by atoms with van der Waals surface area (Å²) in [4.78, 5) is 0. The van der Waals surface area contributed by atoms with Crippen LogP contribution >= 0.6 is 0 Å². The van der Waals surface area contributed by atoms with Crippen molar-refractivity contribution in [3.8, 4) is 11.5 Å². The molecule has 2 nitrogen and oxygen atoms in total. The van der Waals surface area contributed by atoms with Crippen LogP contribution in [0.4, 0.5) is 0 Å². The van der Waals surface area contributed by atoms with Gasteiger partial charge in [-0.1, -0.05) is 151 Å². The lowest BCUT2D eigenvalue weighted by molar-refractivity contribution is 0.326. The van der Waals surface area contributed by atoms with Crippen LogP contribution in [0.15, 0.2) is 84.9 Å². The van der Waals surface area contributed by atoms with E-state index < -0.39 is 35.2 Å². The summed E-state index contributed by atoms with van der Waals surface area (Å²) in [7, 11) is -4.63. The van der Waals surface area contributed by atoms with Crippen LogP contribution in [0.1, 0.15) is 36.1 Å². The highest BCUT2D eigenvalue weighted by Gasteiger charge is 2.30. The Balaban J connectivity index is 1.72. The summed E-state index contributed by atoms with van der Waals surface area (Å²) < 4.78 is 13.4. The minimum absolute atomic E-state index is 0.114. The Bertz CT molecular complexity index is 1360. The molecule has 0 aromatic heterocycles. The maximum Gasteiger partial charge on any atom is 0.117 e. The smallest absolute Gasteiger partial charge is 0.117 e. The molecule has 0 atom stereocenters. The van der Waals surface area contributed by atoms with Gasteiger partial charge in [-0.3, -0.25) is 0 Å². The van der Waals surface area contributed by atoms with Gasteiger partial charge < -0.3 is 9.47 Å². The van der Waals surface area contributed by atoms with Gasteiger partial charge in [0.25, 0.3) is 0 Å². The van der Waals surface area contributed by atoms with Gasteiger partial charge in [0.15, 0.2) is 0 Å². The standard InChI is InChI=1S/C39H56O2Si4/c1-39(2,31-25-33(42(3)4)37(34(26-31)43(5)6)40-23-21-29-17-13-11-14-18-29)32-27-35(44(7)8)38(36(28-32)45(9)10)41-24-22-30-19-15-12-16-20-30/h11-20,25-28,42-45H,21-24H2,1-10H3. The zero-order valence-electron chi connectivity index (χ0n) is 29.5. The minimum Gasteiger partial charge on any atom is -0.494 e. The van der Waals surface area contributed by atoms with Crippen molar-refractivity contribution in [2.24, 2.45) is 0 Å². The molecular formula is C39H56O2Si4. The van der Waals surface area contributed by atoms with Crippen molar-refractivity contribution in [2.75, 3.05) is 13.2 Å². The summed E-state index contributed by atoms with van der Waals surface area (Å²) in [5, 5.41) is 5.95. The normalized spacial score (nSPS) is 12.0. The van der Waals surface area contributed by atoms with Crippen LogP contribution in [0.5, 0.6) is 11.5 Å². The van der Waals surface area contributed by atoms with Gasteiger partial charge in [0.05, 0.1) is 48.4 Å². The van der Waals surface area contributed by atoms with Crippen molar-refractivity contribution in [3.05, 3.63) is 107 Å². The van der Waals surface area contributed by atoms with Crippen LogP contribution in [0.2, 0.25) is 52.4 Å². The minimum atomic E-state index is -1.16. The summed E-state index contributed by atoms with van der Waals surface area (Å²) in [5.41, 5.74) is 5.44. The molecule has 0 aliphatic heterocycles. The Morgan fingerprint density at radius 3 is 1.02 bits per heavy atom. The molecule has 0 saturated carbocycles. The molecule has 0 spiro atoms. The van der Waals surface area contributed by atoms with Crippen LogP contribution in [0, 0.1) is 0 Å². The zero-order valence-corrected chi connectivity index (χ0v) is 34.2. The lowest BCUT2D eigenvalue weighted by atomic mass is 9.78. The average Bonchev–Trinajstić information content (AvgIpc) is 3.01. The molecule has 0 N–H and O–H groups in total. The second-order valence-electron chi connectivity index (χ2n) is 14.4. The molecule has 6 heteroatoms. The molecule has 0 fully saturated rings. The highest BCUT2D eigenvalue weighted by Crippen LogP contribution is 2.32. The monoisotopic (exact) mass is 668 g/mol. The molecule has 45 heavy (non-hydrogen) atoms. The van der Waals surface area contributed by atoms with Crippen molar-refractivity contribution in [3.63, 3.8) is 0 Å². The van der Waals surface area contributed by atoms with Crippen molar-refractivity contribution in [2.45, 2.75) is 84.5 Å². The molecule has 4 aromatic carbocycles. The molecule has 0 saturated heterocycles. The van der Waals surface area contributed by atoms with Gasteiger partial charge in [-0.2, -0.15) is 0 Å². The Morgan fingerprint density at radius 1 is 0.467 bits per heavy atom. The topological polar surface area (TPSA) is 18.5 Å². The van der Waals surface area contributed by atoms with Gasteiger partial charge in [0.2, 0.25) is 0 Å². The third-order valence-electron chi connectivity index (χ3n) is 9.18. The first-order chi connectivity index (χ1) is 21.4. The van der Waals surface area contributed by atoms with Gasteiger partial charge >= 0.3 is 0 Å². The van der Waals surface area contributed by atoms with Crippen LogP contribution in [-0.4, -0.2) is 48.4 Å². The molecule has 0 radical (unpaired) electrons. The summed E-state index contributed by atoms with van der Waals surface area (Å²) in [6.45, 7) is 26.0. The molecule has 0 amide bonds. The van der Waals surface area contributed by atoms with E-state index in [2.05, 4.69) is 151 Å². The summed E-state index contributed by atoms with van der Waals surface area (Å²) in [6, 6.07) is 31.6. The fourth-order valence-electron chi connectivity index (χ4n) is 6.12. The predicted molar refractivity (Wildman–Crippen MR) is 210 cm³/mol. The number of hydrogen-bond acceptors (Lipinski definition) is 2. The Labute approximate surface area is 280 Å². The zero-order chi connectivity index (χ0) is 32.7. The molecular weight excluding hydrogens is 613 g/mol. The fourth-order valence-corrected chi connectivity index (χ4v) is 11.6. The van der Waals surface area contributed by atoms with Gasteiger partial charge in [0.1, 0.15) is 11.5 Å². The molecule has 0 heterocycles. The number of rotatable bonds is 14. The van der Waals surface area contributed by atoms with Gasteiger partial charge in [-0.05, 0) is 43.0 Å². The quantitative estimate of drug-likeness (QED) is 0.153. The Hall–Kier alpha value is -2.65. The van der Waals surface area contributed by atoms with Gasteiger partial charge in [0, 0.05) is 18.3 Å². The molecule has 0 bridgehead atoms. The molecule has 4 aromatic rings. The van der Waals surface area contributed by atoms with E-state index in [1.165, 1.54) is 54.5 Å². The number of benzene rings is 4. The van der Waals surface area contributed by atoms with Crippen molar-refractivity contribution in [1.82, 2.24) is 0 Å². The Morgan fingerprint density at radius 2 is 0.756 bits per heavy atom.